The summed E-state index contributed by atoms with van der Waals surface area (Å²) in [5.74, 6) is 0. The van der Waals surface area contributed by atoms with Gasteiger partial charge >= 0.3 is 6.09 Å². The predicted octanol–water partition coefficient (Wildman–Crippen LogP) is 2.96. The molecule has 1 aliphatic carbocycles. The number of nitrogens with one attached hydrogen (secondary N) is 2. The summed E-state index contributed by atoms with van der Waals surface area (Å²) in [4.78, 5) is 16.2. The second-order valence-electron chi connectivity index (χ2n) is 6.94. The molecule has 0 radical (unpaired) electrons. The molecule has 2 atom stereocenters. The number of pyridine rings is 1. The van der Waals surface area contributed by atoms with E-state index in [1.54, 1.807) is 0 Å². The minimum Gasteiger partial charge on any atom is -0.444 e. The van der Waals surface area contributed by atoms with Gasteiger partial charge in [-0.05, 0) is 58.6 Å². The number of ether oxygens (including phenoxy) is 1. The lowest BCUT2D eigenvalue weighted by atomic mass is 9.91. The van der Waals surface area contributed by atoms with Crippen molar-refractivity contribution in [1.82, 2.24) is 15.6 Å². The fourth-order valence-electron chi connectivity index (χ4n) is 2.72. The number of nitrogens with zero attached hydrogens (tertiary/aromatic N) is 1. The Morgan fingerprint density at radius 3 is 3.00 bits per heavy atom. The normalized spacial score (nSPS) is 19.2. The van der Waals surface area contributed by atoms with Gasteiger partial charge in [0, 0.05) is 18.8 Å². The Bertz CT molecular complexity index is 511. The Kier molecular flexibility index (Phi) is 5.40. The molecule has 2 unspecified atom stereocenters. The maximum Gasteiger partial charge on any atom is 0.407 e. The molecule has 122 valence electrons. The Morgan fingerprint density at radius 2 is 2.27 bits per heavy atom. The average molecular weight is 305 g/mol. The lowest BCUT2D eigenvalue weighted by Gasteiger charge is -2.28. The monoisotopic (exact) mass is 305 g/mol. The second-order valence-corrected chi connectivity index (χ2v) is 6.94. The smallest absolute Gasteiger partial charge is 0.407 e. The van der Waals surface area contributed by atoms with Gasteiger partial charge in [-0.3, -0.25) is 4.98 Å². The number of rotatable bonds is 4. The maximum absolute atomic E-state index is 11.7. The molecule has 1 heterocycles. The van der Waals surface area contributed by atoms with E-state index in [9.17, 15) is 4.79 Å². The highest BCUT2D eigenvalue weighted by molar-refractivity contribution is 5.67. The number of aryl methyl sites for hydroxylation is 1. The zero-order chi connectivity index (χ0) is 16.2. The molecular formula is C17H27N3O2. The van der Waals surface area contributed by atoms with Crippen molar-refractivity contribution < 1.29 is 9.53 Å². The standard InChI is InChI=1S/C17H27N3O2/c1-12(11-19-16(21)22-17(2,3)4)20-14-9-5-7-13-8-6-10-18-15(13)14/h6,8,10,12,14,20H,5,7,9,11H2,1-4H3,(H,19,21). The van der Waals surface area contributed by atoms with E-state index in [1.165, 1.54) is 12.0 Å². The fraction of sp³-hybridized carbons (Fsp3) is 0.647. The van der Waals surface area contributed by atoms with Crippen LogP contribution in [0.1, 0.15) is 57.8 Å². The molecule has 0 spiro atoms. The number of carbonyl (C=O) groups excluding carboxylic acids is 1. The Labute approximate surface area is 132 Å². The quantitative estimate of drug-likeness (QED) is 0.897. The van der Waals surface area contributed by atoms with Gasteiger partial charge in [-0.1, -0.05) is 6.07 Å². The van der Waals surface area contributed by atoms with Gasteiger partial charge in [0.15, 0.2) is 0 Å². The van der Waals surface area contributed by atoms with Crippen LogP contribution in [0.4, 0.5) is 4.79 Å². The first kappa shape index (κ1) is 16.7. The molecule has 0 bridgehead atoms. The second kappa shape index (κ2) is 7.09. The Hall–Kier alpha value is -1.62. The van der Waals surface area contributed by atoms with Crippen LogP contribution in [0, 0.1) is 0 Å². The number of carbonyl (C=O) groups is 1. The van der Waals surface area contributed by atoms with E-state index in [0.29, 0.717) is 6.54 Å². The minimum atomic E-state index is -0.465. The van der Waals surface area contributed by atoms with Crippen molar-refractivity contribution in [1.29, 1.82) is 0 Å². The van der Waals surface area contributed by atoms with Crippen LogP contribution >= 0.6 is 0 Å². The first-order valence-electron chi connectivity index (χ1n) is 8.02. The Morgan fingerprint density at radius 1 is 1.50 bits per heavy atom. The number of amides is 1. The van der Waals surface area contributed by atoms with Crippen LogP contribution in [-0.4, -0.2) is 29.3 Å². The largest absolute Gasteiger partial charge is 0.444 e. The van der Waals surface area contributed by atoms with Gasteiger partial charge < -0.3 is 15.4 Å². The van der Waals surface area contributed by atoms with E-state index < -0.39 is 5.60 Å². The highest BCUT2D eigenvalue weighted by Crippen LogP contribution is 2.27. The fourth-order valence-corrected chi connectivity index (χ4v) is 2.72. The third-order valence-electron chi connectivity index (χ3n) is 3.63. The third-order valence-corrected chi connectivity index (χ3v) is 3.63. The number of hydrogen-bond acceptors (Lipinski definition) is 4. The summed E-state index contributed by atoms with van der Waals surface area (Å²) < 4.78 is 5.24. The van der Waals surface area contributed by atoms with Crippen molar-refractivity contribution in [2.45, 2.75) is 64.6 Å². The van der Waals surface area contributed by atoms with Crippen molar-refractivity contribution in [2.24, 2.45) is 0 Å². The predicted molar refractivity (Wildman–Crippen MR) is 86.8 cm³/mol. The van der Waals surface area contributed by atoms with Crippen LogP contribution in [-0.2, 0) is 11.2 Å². The van der Waals surface area contributed by atoms with Crippen molar-refractivity contribution in [2.75, 3.05) is 6.54 Å². The molecule has 5 heteroatoms. The molecule has 5 nitrogen and oxygen atoms in total. The van der Waals surface area contributed by atoms with E-state index >= 15 is 0 Å². The molecule has 0 aromatic carbocycles. The van der Waals surface area contributed by atoms with Crippen LogP contribution in [0.3, 0.4) is 0 Å². The van der Waals surface area contributed by atoms with Gasteiger partial charge in [0.25, 0.3) is 0 Å². The lowest BCUT2D eigenvalue weighted by molar-refractivity contribution is 0.0522. The van der Waals surface area contributed by atoms with E-state index in [0.717, 1.165) is 18.5 Å². The molecule has 2 rings (SSSR count). The van der Waals surface area contributed by atoms with Crippen LogP contribution in [0.5, 0.6) is 0 Å². The van der Waals surface area contributed by atoms with E-state index in [1.807, 2.05) is 33.0 Å². The van der Waals surface area contributed by atoms with Crippen molar-refractivity contribution in [3.05, 3.63) is 29.6 Å². The molecule has 0 saturated carbocycles. The van der Waals surface area contributed by atoms with Gasteiger partial charge in [0.05, 0.1) is 11.7 Å². The summed E-state index contributed by atoms with van der Waals surface area (Å²) in [5.41, 5.74) is 2.02. The first-order chi connectivity index (χ1) is 10.3. The minimum absolute atomic E-state index is 0.158. The highest BCUT2D eigenvalue weighted by atomic mass is 16.6. The van der Waals surface area contributed by atoms with Crippen LogP contribution < -0.4 is 10.6 Å². The van der Waals surface area contributed by atoms with Crippen molar-refractivity contribution in [3.63, 3.8) is 0 Å². The molecule has 0 fully saturated rings. The van der Waals surface area contributed by atoms with Gasteiger partial charge in [-0.25, -0.2) is 4.79 Å². The van der Waals surface area contributed by atoms with Gasteiger partial charge in [-0.15, -0.1) is 0 Å². The summed E-state index contributed by atoms with van der Waals surface area (Å²) >= 11 is 0. The third kappa shape index (κ3) is 4.98. The zero-order valence-corrected chi connectivity index (χ0v) is 14.0. The van der Waals surface area contributed by atoms with Crippen LogP contribution in [0.15, 0.2) is 18.3 Å². The molecule has 1 aromatic heterocycles. The van der Waals surface area contributed by atoms with Gasteiger partial charge in [0.1, 0.15) is 5.60 Å². The Balaban J connectivity index is 1.83. The molecular weight excluding hydrogens is 278 g/mol. The number of alkyl carbamates (subject to hydrolysis) is 1. The van der Waals surface area contributed by atoms with E-state index in [4.69, 9.17) is 4.74 Å². The molecule has 0 saturated heterocycles. The zero-order valence-electron chi connectivity index (χ0n) is 14.0. The van der Waals surface area contributed by atoms with Crippen molar-refractivity contribution >= 4 is 6.09 Å². The van der Waals surface area contributed by atoms with Gasteiger partial charge in [0.2, 0.25) is 0 Å². The van der Waals surface area contributed by atoms with Crippen molar-refractivity contribution in [3.8, 4) is 0 Å². The maximum atomic E-state index is 11.7. The molecule has 22 heavy (non-hydrogen) atoms. The number of aromatic nitrogens is 1. The summed E-state index contributed by atoms with van der Waals surface area (Å²) in [7, 11) is 0. The molecule has 1 aromatic rings. The highest BCUT2D eigenvalue weighted by Gasteiger charge is 2.23. The van der Waals surface area contributed by atoms with Crippen LogP contribution in [0.2, 0.25) is 0 Å². The average Bonchev–Trinajstić information content (AvgIpc) is 2.44. The topological polar surface area (TPSA) is 63.2 Å². The molecule has 1 amide bonds. The number of hydrogen-bond donors (Lipinski definition) is 2. The van der Waals surface area contributed by atoms with Gasteiger partial charge in [-0.2, -0.15) is 0 Å². The number of fused-ring (bicyclic) bond motifs is 1. The summed E-state index contributed by atoms with van der Waals surface area (Å²) in [5, 5.41) is 6.37. The van der Waals surface area contributed by atoms with Crippen LogP contribution in [0.25, 0.3) is 0 Å². The van der Waals surface area contributed by atoms with E-state index in [-0.39, 0.29) is 18.2 Å². The summed E-state index contributed by atoms with van der Waals surface area (Å²) in [6.07, 6.45) is 4.83. The molecule has 2 N–H and O–H groups in total. The lowest BCUT2D eigenvalue weighted by Crippen LogP contribution is -2.43. The SMILES string of the molecule is CC(CNC(=O)OC(C)(C)C)NC1CCCc2cccnc21. The molecule has 0 aliphatic heterocycles. The summed E-state index contributed by atoms with van der Waals surface area (Å²) in [6.45, 7) is 8.18. The van der Waals surface area contributed by atoms with E-state index in [2.05, 4.69) is 28.6 Å². The summed E-state index contributed by atoms with van der Waals surface area (Å²) in [6, 6.07) is 4.57. The molecule has 1 aliphatic rings. The first-order valence-corrected chi connectivity index (χ1v) is 8.02.